The van der Waals surface area contributed by atoms with E-state index in [1.807, 2.05) is 0 Å². The Bertz CT molecular complexity index is 117. The quantitative estimate of drug-likeness (QED) is 0.459. The van der Waals surface area contributed by atoms with Gasteiger partial charge in [0.1, 0.15) is 0 Å². The molecule has 0 heterocycles. The molecule has 5 N–H and O–H groups in total. The molecular weight excluding hydrogens is 186 g/mol. The van der Waals surface area contributed by atoms with Crippen molar-refractivity contribution in [3.8, 4) is 0 Å². The fourth-order valence-corrected chi connectivity index (χ4v) is 1.68. The summed E-state index contributed by atoms with van der Waals surface area (Å²) in [5.74, 6) is 0. The second-order valence-electron chi connectivity index (χ2n) is 4.31. The molecule has 0 saturated carbocycles. The van der Waals surface area contributed by atoms with Crippen LogP contribution in [0.3, 0.4) is 0 Å². The van der Waals surface area contributed by atoms with Gasteiger partial charge in [-0.2, -0.15) is 0 Å². The van der Waals surface area contributed by atoms with E-state index in [-0.39, 0.29) is 0 Å². The highest BCUT2D eigenvalue weighted by atomic mass is 14.9. The Morgan fingerprint density at radius 2 is 1.73 bits per heavy atom. The molecule has 0 amide bonds. The first-order chi connectivity index (χ1) is 7.31. The summed E-state index contributed by atoms with van der Waals surface area (Å²) in [7, 11) is 0. The second-order valence-corrected chi connectivity index (χ2v) is 4.31. The molecule has 0 aliphatic carbocycles. The van der Waals surface area contributed by atoms with E-state index in [4.69, 9.17) is 11.5 Å². The monoisotopic (exact) mass is 215 g/mol. The van der Waals surface area contributed by atoms with Crippen molar-refractivity contribution in [1.29, 1.82) is 0 Å². The molecule has 0 radical (unpaired) electrons. The molecule has 92 valence electrons. The van der Waals surface area contributed by atoms with Crippen molar-refractivity contribution >= 4 is 0 Å². The third-order valence-corrected chi connectivity index (χ3v) is 2.66. The molecule has 0 aliphatic rings. The number of nitrogens with one attached hydrogen (secondary N) is 1. The van der Waals surface area contributed by atoms with Crippen LogP contribution in [0, 0.1) is 0 Å². The van der Waals surface area contributed by atoms with Gasteiger partial charge in [-0.3, -0.25) is 0 Å². The average molecular weight is 215 g/mol. The Balaban J connectivity index is 3.06. The minimum absolute atomic E-state index is 0.308. The van der Waals surface area contributed by atoms with Crippen LogP contribution >= 0.6 is 0 Å². The Morgan fingerprint density at radius 3 is 2.40 bits per heavy atom. The van der Waals surface area contributed by atoms with Crippen LogP contribution < -0.4 is 16.8 Å². The summed E-state index contributed by atoms with van der Waals surface area (Å²) in [6.45, 7) is 4.74. The van der Waals surface area contributed by atoms with Crippen molar-refractivity contribution in [3.63, 3.8) is 0 Å². The molecule has 1 unspecified atom stereocenters. The number of unbranched alkanes of at least 4 members (excludes halogenated alkanes) is 5. The number of rotatable bonds is 11. The van der Waals surface area contributed by atoms with Gasteiger partial charge in [0.25, 0.3) is 0 Å². The van der Waals surface area contributed by atoms with E-state index in [1.54, 1.807) is 0 Å². The highest BCUT2D eigenvalue weighted by molar-refractivity contribution is 4.64. The topological polar surface area (TPSA) is 64.1 Å². The molecule has 0 aromatic rings. The third kappa shape index (κ3) is 11.8. The van der Waals surface area contributed by atoms with Crippen LogP contribution in [0.5, 0.6) is 0 Å². The zero-order valence-electron chi connectivity index (χ0n) is 10.3. The summed E-state index contributed by atoms with van der Waals surface area (Å²) in [4.78, 5) is 0. The van der Waals surface area contributed by atoms with E-state index in [0.717, 1.165) is 19.5 Å². The first-order valence-electron chi connectivity index (χ1n) is 6.47. The maximum atomic E-state index is 5.95. The first-order valence-corrected chi connectivity index (χ1v) is 6.47. The Labute approximate surface area is 95.0 Å². The Hall–Kier alpha value is -0.120. The van der Waals surface area contributed by atoms with Crippen LogP contribution in [0.15, 0.2) is 0 Å². The zero-order valence-corrected chi connectivity index (χ0v) is 10.3. The number of hydrogen-bond acceptors (Lipinski definition) is 3. The van der Waals surface area contributed by atoms with Crippen molar-refractivity contribution in [2.45, 2.75) is 57.9 Å². The van der Waals surface area contributed by atoms with Gasteiger partial charge in [-0.15, -0.1) is 0 Å². The van der Waals surface area contributed by atoms with E-state index in [2.05, 4.69) is 12.2 Å². The summed E-state index contributed by atoms with van der Waals surface area (Å²) in [5.41, 5.74) is 11.3. The maximum Gasteiger partial charge on any atom is 0.0165 e. The molecular formula is C12H29N3. The minimum atomic E-state index is 0.308. The van der Waals surface area contributed by atoms with Gasteiger partial charge >= 0.3 is 0 Å². The Kier molecular flexibility index (Phi) is 11.9. The number of nitrogens with two attached hydrogens (primary N) is 2. The Morgan fingerprint density at radius 1 is 1.07 bits per heavy atom. The first kappa shape index (κ1) is 14.9. The molecule has 0 aliphatic heterocycles. The predicted molar refractivity (Wildman–Crippen MR) is 67.9 cm³/mol. The molecule has 0 fully saturated rings. The van der Waals surface area contributed by atoms with Crippen LogP contribution in [0.25, 0.3) is 0 Å². The largest absolute Gasteiger partial charge is 0.329 e. The van der Waals surface area contributed by atoms with Gasteiger partial charge in [-0.1, -0.05) is 45.4 Å². The van der Waals surface area contributed by atoms with Crippen molar-refractivity contribution < 1.29 is 0 Å². The fourth-order valence-electron chi connectivity index (χ4n) is 1.68. The number of hydrogen-bond donors (Lipinski definition) is 3. The predicted octanol–water partition coefficient (Wildman–Crippen LogP) is 1.61. The van der Waals surface area contributed by atoms with Gasteiger partial charge in [0, 0.05) is 25.7 Å². The van der Waals surface area contributed by atoms with Gasteiger partial charge in [0.15, 0.2) is 0 Å². The molecule has 0 rings (SSSR count). The summed E-state index contributed by atoms with van der Waals surface area (Å²) in [6, 6.07) is 0.308. The second kappa shape index (κ2) is 12.0. The van der Waals surface area contributed by atoms with Crippen molar-refractivity contribution in [1.82, 2.24) is 5.32 Å². The van der Waals surface area contributed by atoms with Gasteiger partial charge in [0.05, 0.1) is 0 Å². The zero-order chi connectivity index (χ0) is 11.4. The van der Waals surface area contributed by atoms with Crippen LogP contribution in [0.1, 0.15) is 51.9 Å². The van der Waals surface area contributed by atoms with Gasteiger partial charge in [-0.05, 0) is 6.42 Å². The lowest BCUT2D eigenvalue weighted by Crippen LogP contribution is -2.36. The molecule has 0 bridgehead atoms. The smallest absolute Gasteiger partial charge is 0.0165 e. The van der Waals surface area contributed by atoms with E-state index in [1.165, 1.54) is 38.5 Å². The molecule has 3 heteroatoms. The third-order valence-electron chi connectivity index (χ3n) is 2.66. The molecule has 3 nitrogen and oxygen atoms in total. The normalized spacial score (nSPS) is 13.0. The van der Waals surface area contributed by atoms with Crippen LogP contribution in [0.2, 0.25) is 0 Å². The molecule has 1 atom stereocenters. The maximum absolute atomic E-state index is 5.95. The lowest BCUT2D eigenvalue weighted by Gasteiger charge is -2.11. The average Bonchev–Trinajstić information content (AvgIpc) is 2.23. The van der Waals surface area contributed by atoms with Gasteiger partial charge < -0.3 is 16.8 Å². The van der Waals surface area contributed by atoms with Crippen molar-refractivity contribution in [2.75, 3.05) is 19.6 Å². The molecule has 0 spiro atoms. The fraction of sp³-hybridized carbons (Fsp3) is 1.00. The van der Waals surface area contributed by atoms with E-state index < -0.39 is 0 Å². The van der Waals surface area contributed by atoms with Crippen molar-refractivity contribution in [2.24, 2.45) is 11.5 Å². The SMILES string of the molecule is CCCCCCCCC(N)CNCCN. The van der Waals surface area contributed by atoms with E-state index in [9.17, 15) is 0 Å². The standard InChI is InChI=1S/C12H29N3/c1-2-3-4-5-6-7-8-12(14)11-15-10-9-13/h12,15H,2-11,13-14H2,1H3. The van der Waals surface area contributed by atoms with Gasteiger partial charge in [0.2, 0.25) is 0 Å². The molecule has 15 heavy (non-hydrogen) atoms. The summed E-state index contributed by atoms with van der Waals surface area (Å²) in [5, 5.41) is 3.25. The summed E-state index contributed by atoms with van der Waals surface area (Å²) >= 11 is 0. The summed E-state index contributed by atoms with van der Waals surface area (Å²) in [6.07, 6.45) is 9.21. The van der Waals surface area contributed by atoms with Crippen LogP contribution in [-0.4, -0.2) is 25.7 Å². The minimum Gasteiger partial charge on any atom is -0.329 e. The highest BCUT2D eigenvalue weighted by Gasteiger charge is 2.00. The van der Waals surface area contributed by atoms with Gasteiger partial charge in [-0.25, -0.2) is 0 Å². The van der Waals surface area contributed by atoms with Crippen molar-refractivity contribution in [3.05, 3.63) is 0 Å². The lowest BCUT2D eigenvalue weighted by atomic mass is 10.1. The molecule has 0 aromatic carbocycles. The molecule has 0 saturated heterocycles. The van der Waals surface area contributed by atoms with Crippen LogP contribution in [0.4, 0.5) is 0 Å². The molecule has 0 aromatic heterocycles. The van der Waals surface area contributed by atoms with Crippen LogP contribution in [-0.2, 0) is 0 Å². The highest BCUT2D eigenvalue weighted by Crippen LogP contribution is 2.07. The lowest BCUT2D eigenvalue weighted by molar-refractivity contribution is 0.506. The summed E-state index contributed by atoms with van der Waals surface area (Å²) < 4.78 is 0. The van der Waals surface area contributed by atoms with E-state index in [0.29, 0.717) is 12.6 Å². The van der Waals surface area contributed by atoms with E-state index >= 15 is 0 Å².